The molecular weight excluding hydrogens is 254 g/mol. The van der Waals surface area contributed by atoms with Gasteiger partial charge in [0.2, 0.25) is 0 Å². The fraction of sp³-hybridized carbons (Fsp3) is 0.625. The maximum Gasteiger partial charge on any atom is 0.163 e. The van der Waals surface area contributed by atoms with Gasteiger partial charge in [0.1, 0.15) is 0 Å². The standard InChI is InChI=1S/C16H23NO3/c1-19-14-5-3-4-12(16(14)20-2)10-13-15(18)11-6-8-17(13)9-7-11/h3-5,11,13,15,18H,6-10H2,1-2H3. The lowest BCUT2D eigenvalue weighted by Crippen LogP contribution is -2.58. The molecule has 0 aliphatic carbocycles. The molecule has 3 aliphatic heterocycles. The molecule has 3 heterocycles. The van der Waals surface area contributed by atoms with Gasteiger partial charge in [-0.05, 0) is 49.9 Å². The zero-order chi connectivity index (χ0) is 14.1. The minimum atomic E-state index is -0.214. The molecule has 3 aliphatic rings. The van der Waals surface area contributed by atoms with Crippen LogP contribution in [0.3, 0.4) is 0 Å². The van der Waals surface area contributed by atoms with E-state index in [1.165, 1.54) is 0 Å². The molecule has 1 aromatic rings. The van der Waals surface area contributed by atoms with Crippen molar-refractivity contribution in [2.45, 2.75) is 31.4 Å². The highest BCUT2D eigenvalue weighted by Gasteiger charge is 2.41. The minimum Gasteiger partial charge on any atom is -0.493 e. The predicted octanol–water partition coefficient (Wildman–Crippen LogP) is 1.70. The first-order valence-electron chi connectivity index (χ1n) is 7.36. The largest absolute Gasteiger partial charge is 0.493 e. The second-order valence-electron chi connectivity index (χ2n) is 5.79. The average molecular weight is 277 g/mol. The van der Waals surface area contributed by atoms with Crippen molar-refractivity contribution in [3.63, 3.8) is 0 Å². The predicted molar refractivity (Wildman–Crippen MR) is 77.3 cm³/mol. The topological polar surface area (TPSA) is 41.9 Å². The van der Waals surface area contributed by atoms with E-state index < -0.39 is 0 Å². The zero-order valence-corrected chi connectivity index (χ0v) is 12.2. The summed E-state index contributed by atoms with van der Waals surface area (Å²) in [7, 11) is 3.33. The number of rotatable bonds is 4. The van der Waals surface area contributed by atoms with E-state index in [0.29, 0.717) is 5.92 Å². The Balaban J connectivity index is 1.84. The Morgan fingerprint density at radius 3 is 2.55 bits per heavy atom. The molecule has 0 amide bonds. The summed E-state index contributed by atoms with van der Waals surface area (Å²) in [5, 5.41) is 10.5. The Morgan fingerprint density at radius 1 is 1.20 bits per heavy atom. The summed E-state index contributed by atoms with van der Waals surface area (Å²) in [4.78, 5) is 2.42. The van der Waals surface area contributed by atoms with Crippen molar-refractivity contribution >= 4 is 0 Å². The van der Waals surface area contributed by atoms with Crippen LogP contribution in [0.1, 0.15) is 18.4 Å². The number of nitrogens with zero attached hydrogens (tertiary/aromatic N) is 1. The number of hydrogen-bond donors (Lipinski definition) is 1. The van der Waals surface area contributed by atoms with Gasteiger partial charge in [0.15, 0.2) is 11.5 Å². The normalized spacial score (nSPS) is 32.1. The highest BCUT2D eigenvalue weighted by Crippen LogP contribution is 2.37. The Kier molecular flexibility index (Phi) is 3.85. The molecule has 1 aromatic carbocycles. The Morgan fingerprint density at radius 2 is 1.95 bits per heavy atom. The van der Waals surface area contributed by atoms with Gasteiger partial charge in [-0.2, -0.15) is 0 Å². The first kappa shape index (κ1) is 13.7. The number of ether oxygens (including phenoxy) is 2. The second kappa shape index (κ2) is 5.62. The molecule has 0 aromatic heterocycles. The smallest absolute Gasteiger partial charge is 0.163 e. The van der Waals surface area contributed by atoms with Gasteiger partial charge in [-0.25, -0.2) is 0 Å². The number of aliphatic hydroxyl groups excluding tert-OH is 1. The van der Waals surface area contributed by atoms with Crippen LogP contribution in [-0.4, -0.2) is 49.5 Å². The van der Waals surface area contributed by atoms with Crippen molar-refractivity contribution in [1.82, 2.24) is 4.90 Å². The Labute approximate surface area is 120 Å². The van der Waals surface area contributed by atoms with Crippen molar-refractivity contribution in [1.29, 1.82) is 0 Å². The number of hydrogen-bond acceptors (Lipinski definition) is 4. The van der Waals surface area contributed by atoms with Gasteiger partial charge in [0.25, 0.3) is 0 Å². The third-order valence-corrected chi connectivity index (χ3v) is 4.83. The monoisotopic (exact) mass is 277 g/mol. The molecular formula is C16H23NO3. The van der Waals surface area contributed by atoms with Gasteiger partial charge in [0.05, 0.1) is 20.3 Å². The van der Waals surface area contributed by atoms with Crippen molar-refractivity contribution in [3.8, 4) is 11.5 Å². The summed E-state index contributed by atoms with van der Waals surface area (Å²) >= 11 is 0. The summed E-state index contributed by atoms with van der Waals surface area (Å²) in [6.45, 7) is 2.22. The maximum atomic E-state index is 10.5. The maximum absolute atomic E-state index is 10.5. The van der Waals surface area contributed by atoms with Crippen LogP contribution < -0.4 is 9.47 Å². The van der Waals surface area contributed by atoms with Gasteiger partial charge in [-0.3, -0.25) is 4.90 Å². The van der Waals surface area contributed by atoms with Gasteiger partial charge < -0.3 is 14.6 Å². The molecule has 4 nitrogen and oxygen atoms in total. The molecule has 0 saturated carbocycles. The quantitative estimate of drug-likeness (QED) is 0.909. The number of fused-ring (bicyclic) bond motifs is 3. The lowest BCUT2D eigenvalue weighted by Gasteiger charge is -2.49. The molecule has 20 heavy (non-hydrogen) atoms. The zero-order valence-electron chi connectivity index (χ0n) is 12.2. The van der Waals surface area contributed by atoms with Gasteiger partial charge in [-0.1, -0.05) is 12.1 Å². The number of para-hydroxylation sites is 1. The fourth-order valence-corrected chi connectivity index (χ4v) is 3.71. The molecule has 3 fully saturated rings. The Hall–Kier alpha value is -1.26. The van der Waals surface area contributed by atoms with Crippen LogP contribution in [0.25, 0.3) is 0 Å². The Bertz CT molecular complexity index is 467. The highest BCUT2D eigenvalue weighted by molar-refractivity contribution is 5.47. The molecule has 2 unspecified atom stereocenters. The number of piperidine rings is 3. The first-order valence-corrected chi connectivity index (χ1v) is 7.36. The van der Waals surface area contributed by atoms with Crippen LogP contribution in [0.2, 0.25) is 0 Å². The third-order valence-electron chi connectivity index (χ3n) is 4.83. The SMILES string of the molecule is COc1cccc(CC2C(O)C3CCN2CC3)c1OC. The summed E-state index contributed by atoms with van der Waals surface area (Å²) in [6.07, 6.45) is 2.87. The number of methoxy groups -OCH3 is 2. The first-order chi connectivity index (χ1) is 9.74. The van der Waals surface area contributed by atoms with Crippen LogP contribution in [0.4, 0.5) is 0 Å². The second-order valence-corrected chi connectivity index (χ2v) is 5.79. The number of aliphatic hydroxyl groups is 1. The van der Waals surface area contributed by atoms with E-state index in [1.54, 1.807) is 14.2 Å². The number of benzene rings is 1. The average Bonchev–Trinajstić information content (AvgIpc) is 2.50. The van der Waals surface area contributed by atoms with E-state index in [-0.39, 0.29) is 12.1 Å². The van der Waals surface area contributed by atoms with E-state index in [2.05, 4.69) is 11.0 Å². The molecule has 1 N–H and O–H groups in total. The lowest BCUT2D eigenvalue weighted by atomic mass is 9.78. The van der Waals surface area contributed by atoms with Crippen molar-refractivity contribution in [2.24, 2.45) is 5.92 Å². The highest BCUT2D eigenvalue weighted by atomic mass is 16.5. The molecule has 0 spiro atoms. The molecule has 2 bridgehead atoms. The van der Waals surface area contributed by atoms with Crippen molar-refractivity contribution in [2.75, 3.05) is 27.3 Å². The molecule has 110 valence electrons. The summed E-state index contributed by atoms with van der Waals surface area (Å²) in [5.41, 5.74) is 1.11. The molecule has 4 rings (SSSR count). The van der Waals surface area contributed by atoms with Crippen LogP contribution >= 0.6 is 0 Å². The molecule has 0 radical (unpaired) electrons. The molecule has 4 heteroatoms. The summed E-state index contributed by atoms with van der Waals surface area (Å²) in [5.74, 6) is 2.03. The van der Waals surface area contributed by atoms with Gasteiger partial charge in [0, 0.05) is 6.04 Å². The van der Waals surface area contributed by atoms with E-state index in [9.17, 15) is 5.11 Å². The third kappa shape index (κ3) is 2.27. The van der Waals surface area contributed by atoms with Crippen molar-refractivity contribution < 1.29 is 14.6 Å². The van der Waals surface area contributed by atoms with E-state index >= 15 is 0 Å². The van der Waals surface area contributed by atoms with Crippen LogP contribution in [0.15, 0.2) is 18.2 Å². The van der Waals surface area contributed by atoms with Gasteiger partial charge >= 0.3 is 0 Å². The van der Waals surface area contributed by atoms with Crippen LogP contribution in [0.5, 0.6) is 11.5 Å². The molecule has 2 atom stereocenters. The molecule has 3 saturated heterocycles. The minimum absolute atomic E-state index is 0.212. The van der Waals surface area contributed by atoms with E-state index in [4.69, 9.17) is 9.47 Å². The van der Waals surface area contributed by atoms with E-state index in [0.717, 1.165) is 49.4 Å². The van der Waals surface area contributed by atoms with Crippen LogP contribution in [-0.2, 0) is 6.42 Å². The van der Waals surface area contributed by atoms with Crippen molar-refractivity contribution in [3.05, 3.63) is 23.8 Å². The van der Waals surface area contributed by atoms with E-state index in [1.807, 2.05) is 12.1 Å². The lowest BCUT2D eigenvalue weighted by molar-refractivity contribution is -0.0716. The van der Waals surface area contributed by atoms with Crippen LogP contribution in [0, 0.1) is 5.92 Å². The summed E-state index contributed by atoms with van der Waals surface area (Å²) < 4.78 is 10.9. The fourth-order valence-electron chi connectivity index (χ4n) is 3.71. The van der Waals surface area contributed by atoms with Gasteiger partial charge in [-0.15, -0.1) is 0 Å². The summed E-state index contributed by atoms with van der Waals surface area (Å²) in [6, 6.07) is 6.17.